The number of aliphatic hydroxyl groups excluding tert-OH is 1. The average molecular weight is 251 g/mol. The van der Waals surface area contributed by atoms with Gasteiger partial charge in [-0.3, -0.25) is 0 Å². The molecule has 1 aromatic heterocycles. The molecule has 1 atom stereocenters. The van der Waals surface area contributed by atoms with Crippen molar-refractivity contribution in [2.24, 2.45) is 0 Å². The van der Waals surface area contributed by atoms with Crippen LogP contribution in [-0.4, -0.2) is 41.4 Å². The van der Waals surface area contributed by atoms with Crippen LogP contribution in [0.4, 0.5) is 19.1 Å². The van der Waals surface area contributed by atoms with E-state index >= 15 is 0 Å². The van der Waals surface area contributed by atoms with E-state index in [1.807, 2.05) is 0 Å². The lowest BCUT2D eigenvalue weighted by Gasteiger charge is -2.11. The van der Waals surface area contributed by atoms with E-state index in [0.717, 1.165) is 12.3 Å². The number of methoxy groups -OCH3 is 1. The van der Waals surface area contributed by atoms with Gasteiger partial charge in [0.25, 0.3) is 0 Å². The number of ether oxygens (including phenoxy) is 1. The van der Waals surface area contributed by atoms with Gasteiger partial charge in [0.15, 0.2) is 0 Å². The first-order valence-corrected chi connectivity index (χ1v) is 4.74. The van der Waals surface area contributed by atoms with E-state index in [9.17, 15) is 18.3 Å². The topological polar surface area (TPSA) is 67.3 Å². The van der Waals surface area contributed by atoms with E-state index in [-0.39, 0.29) is 19.1 Å². The predicted molar refractivity (Wildman–Crippen MR) is 53.4 cm³/mol. The standard InChI is InChI=1S/C9H12F3N3O2/c1-17-5-6(16)4-14-8-13-3-2-7(15-8)9(10,11)12/h2-3,6,16H,4-5H2,1H3,(H,13,14,15)/t6-/m1/s1. The van der Waals surface area contributed by atoms with Crippen LogP contribution >= 0.6 is 0 Å². The van der Waals surface area contributed by atoms with E-state index in [2.05, 4.69) is 20.0 Å². The zero-order valence-electron chi connectivity index (χ0n) is 9.03. The van der Waals surface area contributed by atoms with Crippen molar-refractivity contribution < 1.29 is 23.0 Å². The van der Waals surface area contributed by atoms with Crippen LogP contribution in [0, 0.1) is 0 Å². The number of rotatable bonds is 5. The first kappa shape index (κ1) is 13.7. The van der Waals surface area contributed by atoms with Crippen LogP contribution in [0.25, 0.3) is 0 Å². The van der Waals surface area contributed by atoms with Gasteiger partial charge in [0.2, 0.25) is 5.95 Å². The Morgan fingerprint density at radius 3 is 2.82 bits per heavy atom. The molecule has 0 saturated carbocycles. The van der Waals surface area contributed by atoms with Crippen molar-refractivity contribution >= 4 is 5.95 Å². The second-order valence-electron chi connectivity index (χ2n) is 3.25. The molecule has 0 saturated heterocycles. The molecule has 2 N–H and O–H groups in total. The highest BCUT2D eigenvalue weighted by Gasteiger charge is 2.32. The highest BCUT2D eigenvalue weighted by molar-refractivity contribution is 5.26. The molecular weight excluding hydrogens is 239 g/mol. The fraction of sp³-hybridized carbons (Fsp3) is 0.556. The summed E-state index contributed by atoms with van der Waals surface area (Å²) in [6, 6.07) is 0.775. The Kier molecular flexibility index (Phi) is 4.64. The Balaban J connectivity index is 2.60. The average Bonchev–Trinajstić information content (AvgIpc) is 2.26. The lowest BCUT2D eigenvalue weighted by molar-refractivity contribution is -0.141. The predicted octanol–water partition coefficient (Wildman–Crippen LogP) is 0.915. The van der Waals surface area contributed by atoms with Crippen LogP contribution in [0.1, 0.15) is 5.69 Å². The van der Waals surface area contributed by atoms with Crippen molar-refractivity contribution in [3.8, 4) is 0 Å². The van der Waals surface area contributed by atoms with Crippen LogP contribution in [0.15, 0.2) is 12.3 Å². The number of aliphatic hydroxyl groups is 1. The molecule has 0 fully saturated rings. The smallest absolute Gasteiger partial charge is 0.389 e. The Hall–Kier alpha value is -1.41. The van der Waals surface area contributed by atoms with Crippen LogP contribution in [0.3, 0.4) is 0 Å². The molecule has 0 aromatic carbocycles. The van der Waals surface area contributed by atoms with Crippen molar-refractivity contribution in [1.29, 1.82) is 0 Å². The summed E-state index contributed by atoms with van der Waals surface area (Å²) < 4.78 is 41.6. The SMILES string of the molecule is COC[C@H](O)CNc1nccc(C(F)(F)F)n1. The highest BCUT2D eigenvalue weighted by Crippen LogP contribution is 2.27. The third kappa shape index (κ3) is 4.53. The summed E-state index contributed by atoms with van der Waals surface area (Å²) in [7, 11) is 1.41. The monoisotopic (exact) mass is 251 g/mol. The molecule has 1 rings (SSSR count). The number of halogens is 3. The summed E-state index contributed by atoms with van der Waals surface area (Å²) in [6.45, 7) is 0.0844. The molecule has 1 aromatic rings. The molecular formula is C9H12F3N3O2. The van der Waals surface area contributed by atoms with Crippen molar-refractivity contribution in [3.05, 3.63) is 18.0 Å². The maximum absolute atomic E-state index is 12.3. The normalized spacial score (nSPS) is 13.5. The van der Waals surface area contributed by atoms with Gasteiger partial charge in [0.1, 0.15) is 5.69 Å². The fourth-order valence-corrected chi connectivity index (χ4v) is 1.06. The number of anilines is 1. The molecule has 0 radical (unpaired) electrons. The minimum atomic E-state index is -4.51. The zero-order chi connectivity index (χ0) is 12.9. The maximum atomic E-state index is 12.3. The number of nitrogens with one attached hydrogen (secondary N) is 1. The summed E-state index contributed by atoms with van der Waals surface area (Å²) in [4.78, 5) is 6.89. The lowest BCUT2D eigenvalue weighted by Crippen LogP contribution is -2.25. The molecule has 8 heteroatoms. The van der Waals surface area contributed by atoms with Crippen LogP contribution < -0.4 is 5.32 Å². The van der Waals surface area contributed by atoms with E-state index < -0.39 is 18.0 Å². The van der Waals surface area contributed by atoms with Gasteiger partial charge in [-0.05, 0) is 6.07 Å². The molecule has 0 unspecified atom stereocenters. The van der Waals surface area contributed by atoms with Gasteiger partial charge in [-0.2, -0.15) is 13.2 Å². The zero-order valence-corrected chi connectivity index (χ0v) is 9.03. The van der Waals surface area contributed by atoms with Gasteiger partial charge in [-0.1, -0.05) is 0 Å². The molecule has 0 aliphatic carbocycles. The Morgan fingerprint density at radius 1 is 1.53 bits per heavy atom. The van der Waals surface area contributed by atoms with Gasteiger partial charge >= 0.3 is 6.18 Å². The second kappa shape index (κ2) is 5.78. The highest BCUT2D eigenvalue weighted by atomic mass is 19.4. The number of alkyl halides is 3. The van der Waals surface area contributed by atoms with Crippen LogP contribution in [-0.2, 0) is 10.9 Å². The molecule has 0 amide bonds. The van der Waals surface area contributed by atoms with E-state index in [4.69, 9.17) is 0 Å². The minimum Gasteiger partial charge on any atom is -0.389 e. The molecule has 0 aliphatic heterocycles. The van der Waals surface area contributed by atoms with Crippen molar-refractivity contribution in [1.82, 2.24) is 9.97 Å². The first-order chi connectivity index (χ1) is 7.93. The fourth-order valence-electron chi connectivity index (χ4n) is 1.06. The van der Waals surface area contributed by atoms with E-state index in [1.165, 1.54) is 7.11 Å². The van der Waals surface area contributed by atoms with Gasteiger partial charge in [-0.25, -0.2) is 9.97 Å². The summed E-state index contributed by atoms with van der Waals surface area (Å²) in [6.07, 6.45) is -4.34. The third-order valence-corrected chi connectivity index (χ3v) is 1.80. The number of hydrogen-bond donors (Lipinski definition) is 2. The summed E-state index contributed by atoms with van der Waals surface area (Å²) in [5.74, 6) is -0.185. The molecule has 5 nitrogen and oxygen atoms in total. The van der Waals surface area contributed by atoms with Gasteiger partial charge in [0, 0.05) is 19.9 Å². The van der Waals surface area contributed by atoms with Crippen molar-refractivity contribution in [3.63, 3.8) is 0 Å². The molecule has 0 aliphatic rings. The van der Waals surface area contributed by atoms with Gasteiger partial charge in [-0.15, -0.1) is 0 Å². The number of hydrogen-bond acceptors (Lipinski definition) is 5. The Labute approximate surface area is 95.6 Å². The molecule has 17 heavy (non-hydrogen) atoms. The van der Waals surface area contributed by atoms with E-state index in [1.54, 1.807) is 0 Å². The van der Waals surface area contributed by atoms with Gasteiger partial charge in [0.05, 0.1) is 12.7 Å². The molecule has 0 bridgehead atoms. The Morgan fingerprint density at radius 2 is 2.24 bits per heavy atom. The number of aromatic nitrogens is 2. The number of nitrogens with zero attached hydrogens (tertiary/aromatic N) is 2. The summed E-state index contributed by atoms with van der Waals surface area (Å²) in [5, 5.41) is 11.8. The van der Waals surface area contributed by atoms with Crippen molar-refractivity contribution in [2.45, 2.75) is 12.3 Å². The lowest BCUT2D eigenvalue weighted by atomic mass is 10.4. The maximum Gasteiger partial charge on any atom is 0.433 e. The first-order valence-electron chi connectivity index (χ1n) is 4.74. The van der Waals surface area contributed by atoms with E-state index in [0.29, 0.717) is 0 Å². The third-order valence-electron chi connectivity index (χ3n) is 1.80. The molecule has 1 heterocycles. The minimum absolute atomic E-state index is 0.00908. The molecule has 0 spiro atoms. The summed E-state index contributed by atoms with van der Waals surface area (Å²) in [5.41, 5.74) is -1.03. The largest absolute Gasteiger partial charge is 0.433 e. The quantitative estimate of drug-likeness (QED) is 0.814. The van der Waals surface area contributed by atoms with Gasteiger partial charge < -0.3 is 15.2 Å². The summed E-state index contributed by atoms with van der Waals surface area (Å²) >= 11 is 0. The molecule has 96 valence electrons. The van der Waals surface area contributed by atoms with Crippen LogP contribution in [0.2, 0.25) is 0 Å². The Bertz CT molecular complexity index is 360. The van der Waals surface area contributed by atoms with Crippen molar-refractivity contribution in [2.75, 3.05) is 25.6 Å². The van der Waals surface area contributed by atoms with Crippen LogP contribution in [0.5, 0.6) is 0 Å². The second-order valence-corrected chi connectivity index (χ2v) is 3.25.